The second-order valence-electron chi connectivity index (χ2n) is 5.72. The van der Waals surface area contributed by atoms with Crippen LogP contribution >= 0.6 is 34.5 Å². The Morgan fingerprint density at radius 2 is 1.88 bits per heavy atom. The Bertz CT molecular complexity index is 919. The van der Waals surface area contributed by atoms with E-state index in [0.29, 0.717) is 38.6 Å². The summed E-state index contributed by atoms with van der Waals surface area (Å²) in [5.74, 6) is -0.417. The summed E-state index contributed by atoms with van der Waals surface area (Å²) in [6.45, 7) is 2.76. The lowest BCUT2D eigenvalue weighted by atomic mass is 10.3. The van der Waals surface area contributed by atoms with Crippen LogP contribution in [-0.2, 0) is 10.0 Å². The molecular formula is C16H16Cl2N2O3S2. The monoisotopic (exact) mass is 418 g/mol. The van der Waals surface area contributed by atoms with Crippen molar-refractivity contribution < 1.29 is 13.2 Å². The maximum Gasteiger partial charge on any atom is 0.265 e. The van der Waals surface area contributed by atoms with Crippen molar-refractivity contribution in [2.24, 2.45) is 0 Å². The molecule has 0 radical (unpaired) electrons. The van der Waals surface area contributed by atoms with Crippen molar-refractivity contribution in [3.8, 4) is 0 Å². The fourth-order valence-electron chi connectivity index (χ4n) is 2.68. The van der Waals surface area contributed by atoms with Gasteiger partial charge in [0.25, 0.3) is 5.91 Å². The molecule has 2 aromatic rings. The summed E-state index contributed by atoms with van der Waals surface area (Å²) in [5, 5.41) is 3.48. The SMILES string of the molecule is Cc1sc(C(=O)Nc2cc(Cl)ccc2Cl)cc1S(=O)(=O)N1CCCC1. The highest BCUT2D eigenvalue weighted by Gasteiger charge is 2.30. The Balaban J connectivity index is 1.86. The van der Waals surface area contributed by atoms with Crippen molar-refractivity contribution in [1.82, 2.24) is 4.31 Å². The molecule has 1 N–H and O–H groups in total. The second-order valence-corrected chi connectivity index (χ2v) is 9.73. The number of halogens is 2. The van der Waals surface area contributed by atoms with Crippen molar-refractivity contribution in [3.63, 3.8) is 0 Å². The predicted octanol–water partition coefficient (Wildman–Crippen LogP) is 4.40. The molecule has 0 spiro atoms. The zero-order chi connectivity index (χ0) is 18.2. The Hall–Kier alpha value is -1.12. The van der Waals surface area contributed by atoms with Gasteiger partial charge in [-0.15, -0.1) is 11.3 Å². The number of rotatable bonds is 4. The smallest absolute Gasteiger partial charge is 0.265 e. The quantitative estimate of drug-likeness (QED) is 0.799. The van der Waals surface area contributed by atoms with Crippen LogP contribution in [-0.4, -0.2) is 31.7 Å². The second kappa shape index (κ2) is 7.25. The standard InChI is InChI=1S/C16H16Cl2N2O3S2/c1-10-15(25(22,23)20-6-2-3-7-20)9-14(24-10)16(21)19-13-8-11(17)4-5-12(13)18/h4-5,8-9H,2-3,6-7H2,1H3,(H,19,21). The number of carbonyl (C=O) groups excluding carboxylic acids is 1. The largest absolute Gasteiger partial charge is 0.320 e. The molecule has 2 heterocycles. The summed E-state index contributed by atoms with van der Waals surface area (Å²) in [4.78, 5) is 13.6. The molecule has 1 aromatic carbocycles. The van der Waals surface area contributed by atoms with Crippen LogP contribution < -0.4 is 5.32 Å². The first-order valence-electron chi connectivity index (χ1n) is 7.66. The molecule has 3 rings (SSSR count). The van der Waals surface area contributed by atoms with E-state index in [4.69, 9.17) is 23.2 Å². The average Bonchev–Trinajstić information content (AvgIpc) is 3.20. The number of nitrogens with one attached hydrogen (secondary N) is 1. The van der Waals surface area contributed by atoms with Gasteiger partial charge in [-0.1, -0.05) is 23.2 Å². The molecule has 0 bridgehead atoms. The molecule has 0 saturated carbocycles. The highest BCUT2D eigenvalue weighted by molar-refractivity contribution is 7.89. The molecule has 0 aliphatic carbocycles. The number of amides is 1. The lowest BCUT2D eigenvalue weighted by Gasteiger charge is -2.14. The van der Waals surface area contributed by atoms with Crippen LogP contribution in [0.1, 0.15) is 27.4 Å². The van der Waals surface area contributed by atoms with E-state index in [-0.39, 0.29) is 4.90 Å². The van der Waals surface area contributed by atoms with E-state index in [9.17, 15) is 13.2 Å². The molecule has 0 unspecified atom stereocenters. The Morgan fingerprint density at radius 1 is 1.20 bits per heavy atom. The van der Waals surface area contributed by atoms with E-state index in [0.717, 1.165) is 24.2 Å². The zero-order valence-electron chi connectivity index (χ0n) is 13.4. The van der Waals surface area contributed by atoms with Gasteiger partial charge < -0.3 is 5.32 Å². The molecule has 1 aromatic heterocycles. The third-order valence-corrected chi connectivity index (χ3v) is 7.72. The van der Waals surface area contributed by atoms with Crippen LogP contribution in [0, 0.1) is 6.92 Å². The fraction of sp³-hybridized carbons (Fsp3) is 0.312. The number of sulfonamides is 1. The fourth-order valence-corrected chi connectivity index (χ4v) is 5.99. The van der Waals surface area contributed by atoms with Crippen molar-refractivity contribution in [3.05, 3.63) is 44.1 Å². The third-order valence-electron chi connectivity index (χ3n) is 3.96. The number of benzene rings is 1. The van der Waals surface area contributed by atoms with Gasteiger partial charge in [0.15, 0.2) is 0 Å². The van der Waals surface area contributed by atoms with Gasteiger partial charge in [-0.25, -0.2) is 8.42 Å². The number of anilines is 1. The first-order chi connectivity index (χ1) is 11.8. The number of thiophene rings is 1. The highest BCUT2D eigenvalue weighted by atomic mass is 35.5. The third kappa shape index (κ3) is 3.85. The minimum Gasteiger partial charge on any atom is -0.320 e. The predicted molar refractivity (Wildman–Crippen MR) is 101 cm³/mol. The molecule has 1 fully saturated rings. The van der Waals surface area contributed by atoms with Gasteiger partial charge in [0.2, 0.25) is 10.0 Å². The molecule has 1 aliphatic rings. The summed E-state index contributed by atoms with van der Waals surface area (Å²) in [5.41, 5.74) is 0.383. The van der Waals surface area contributed by atoms with Gasteiger partial charge in [-0.3, -0.25) is 4.79 Å². The molecule has 5 nitrogen and oxygen atoms in total. The van der Waals surface area contributed by atoms with Crippen LogP contribution in [0.25, 0.3) is 0 Å². The number of hydrogen-bond acceptors (Lipinski definition) is 4. The first kappa shape index (κ1) is 18.7. The van der Waals surface area contributed by atoms with Crippen molar-refractivity contribution in [2.75, 3.05) is 18.4 Å². The van der Waals surface area contributed by atoms with Gasteiger partial charge in [-0.05, 0) is 44.0 Å². The zero-order valence-corrected chi connectivity index (χ0v) is 16.5. The lowest BCUT2D eigenvalue weighted by Crippen LogP contribution is -2.28. The molecule has 0 atom stereocenters. The normalized spacial score (nSPS) is 15.5. The van der Waals surface area contributed by atoms with Crippen LogP contribution in [0.4, 0.5) is 5.69 Å². The van der Waals surface area contributed by atoms with Gasteiger partial charge in [-0.2, -0.15) is 4.31 Å². The minimum absolute atomic E-state index is 0.196. The van der Waals surface area contributed by atoms with E-state index in [1.807, 2.05) is 0 Å². The van der Waals surface area contributed by atoms with Crippen LogP contribution in [0.15, 0.2) is 29.2 Å². The Labute approximate surface area is 160 Å². The minimum atomic E-state index is -3.55. The summed E-state index contributed by atoms with van der Waals surface area (Å²) < 4.78 is 26.9. The van der Waals surface area contributed by atoms with E-state index < -0.39 is 15.9 Å². The van der Waals surface area contributed by atoms with Gasteiger partial charge in [0.1, 0.15) is 0 Å². The molecule has 1 aliphatic heterocycles. The van der Waals surface area contributed by atoms with Gasteiger partial charge >= 0.3 is 0 Å². The molecule has 9 heteroatoms. The molecule has 1 saturated heterocycles. The van der Waals surface area contributed by atoms with Crippen molar-refractivity contribution in [1.29, 1.82) is 0 Å². The molecule has 134 valence electrons. The number of nitrogens with zero attached hydrogens (tertiary/aromatic N) is 1. The number of aryl methyl sites for hydroxylation is 1. The van der Waals surface area contributed by atoms with Crippen LogP contribution in [0.3, 0.4) is 0 Å². The van der Waals surface area contributed by atoms with Crippen LogP contribution in [0.5, 0.6) is 0 Å². The summed E-state index contributed by atoms with van der Waals surface area (Å²) in [7, 11) is -3.55. The van der Waals surface area contributed by atoms with E-state index in [1.54, 1.807) is 25.1 Å². The highest BCUT2D eigenvalue weighted by Crippen LogP contribution is 2.31. The number of hydrogen-bond donors (Lipinski definition) is 1. The summed E-state index contributed by atoms with van der Waals surface area (Å²) in [6.07, 6.45) is 1.73. The van der Waals surface area contributed by atoms with Gasteiger partial charge in [0.05, 0.1) is 20.5 Å². The molecule has 25 heavy (non-hydrogen) atoms. The van der Waals surface area contributed by atoms with Crippen molar-refractivity contribution >= 4 is 56.2 Å². The van der Waals surface area contributed by atoms with E-state index in [1.165, 1.54) is 10.4 Å². The summed E-state index contributed by atoms with van der Waals surface area (Å²) >= 11 is 13.1. The average molecular weight is 419 g/mol. The number of carbonyl (C=O) groups is 1. The Kier molecular flexibility index (Phi) is 5.41. The van der Waals surface area contributed by atoms with E-state index >= 15 is 0 Å². The van der Waals surface area contributed by atoms with E-state index in [2.05, 4.69) is 5.32 Å². The van der Waals surface area contributed by atoms with Crippen LogP contribution in [0.2, 0.25) is 10.0 Å². The molecule has 1 amide bonds. The Morgan fingerprint density at radius 3 is 2.56 bits per heavy atom. The van der Waals surface area contributed by atoms with Gasteiger partial charge in [0, 0.05) is 23.0 Å². The molecular weight excluding hydrogens is 403 g/mol. The maximum atomic E-state index is 12.7. The first-order valence-corrected chi connectivity index (χ1v) is 10.7. The maximum absolute atomic E-state index is 12.7. The van der Waals surface area contributed by atoms with Crippen molar-refractivity contribution in [2.45, 2.75) is 24.7 Å². The lowest BCUT2D eigenvalue weighted by molar-refractivity contribution is 0.103. The summed E-state index contributed by atoms with van der Waals surface area (Å²) in [6, 6.07) is 6.18. The topological polar surface area (TPSA) is 66.5 Å².